The zero-order chi connectivity index (χ0) is 27.3. The number of carboxylic acid groups (broad SMARTS) is 2. The quantitative estimate of drug-likeness (QED) is 0.244. The Kier molecular flexibility index (Phi) is 12.5. The summed E-state index contributed by atoms with van der Waals surface area (Å²) in [5, 5.41) is 21.7. The van der Waals surface area contributed by atoms with E-state index in [1.54, 1.807) is 72.8 Å². The molecular formula is C28H20CaN2O8. The number of carboxylic acids is 2. The maximum absolute atomic E-state index is 11.7. The molecule has 4 aromatic carbocycles. The van der Waals surface area contributed by atoms with E-state index in [1.807, 2.05) is 0 Å². The molecular weight excluding hydrogens is 532 g/mol. The van der Waals surface area contributed by atoms with Crippen molar-refractivity contribution >= 4 is 61.5 Å². The molecule has 39 heavy (non-hydrogen) atoms. The number of carbonyl (C=O) groups excluding carboxylic acids is 4. The average Bonchev–Trinajstić information content (AvgIpc) is 2.96. The van der Waals surface area contributed by atoms with Gasteiger partial charge >= 0.3 is 37.7 Å². The zero-order valence-corrected chi connectivity index (χ0v) is 22.6. The summed E-state index contributed by atoms with van der Waals surface area (Å²) < 4.78 is 0. The minimum atomic E-state index is -1.37. The molecule has 0 saturated carbocycles. The third-order valence-electron chi connectivity index (χ3n) is 4.79. The van der Waals surface area contributed by atoms with E-state index in [-0.39, 0.29) is 60.4 Å². The summed E-state index contributed by atoms with van der Waals surface area (Å²) in [5.74, 6) is -3.63. The van der Waals surface area contributed by atoms with Crippen molar-refractivity contribution in [2.24, 2.45) is 0 Å². The van der Waals surface area contributed by atoms with Crippen molar-refractivity contribution in [1.82, 2.24) is 11.0 Å². The smallest absolute Gasteiger partial charge is 0.545 e. The van der Waals surface area contributed by atoms with Gasteiger partial charge in [-0.3, -0.25) is 9.59 Å². The number of hydroxylamine groups is 2. The van der Waals surface area contributed by atoms with E-state index in [0.717, 1.165) is 0 Å². The van der Waals surface area contributed by atoms with Crippen molar-refractivity contribution in [1.29, 1.82) is 0 Å². The maximum Gasteiger partial charge on any atom is 2.00 e. The molecule has 0 saturated heterocycles. The van der Waals surface area contributed by atoms with Gasteiger partial charge in [0.2, 0.25) is 0 Å². The van der Waals surface area contributed by atoms with E-state index in [1.165, 1.54) is 36.4 Å². The number of carbonyl (C=O) groups is 4. The minimum Gasteiger partial charge on any atom is -0.545 e. The fraction of sp³-hybridized carbons (Fsp3) is 0. The molecule has 192 valence electrons. The van der Waals surface area contributed by atoms with Crippen LogP contribution in [0.1, 0.15) is 41.4 Å². The van der Waals surface area contributed by atoms with Crippen LogP contribution < -0.4 is 30.8 Å². The Morgan fingerprint density at radius 2 is 0.795 bits per heavy atom. The Hall–Kier alpha value is -4.38. The monoisotopic (exact) mass is 552 g/mol. The number of hydrogen-bond donors (Lipinski definition) is 2. The molecule has 0 spiro atoms. The van der Waals surface area contributed by atoms with Gasteiger partial charge in [-0.2, -0.15) is 11.0 Å². The summed E-state index contributed by atoms with van der Waals surface area (Å²) in [5.41, 5.74) is 4.92. The largest absolute Gasteiger partial charge is 2.00 e. The number of amides is 2. The van der Waals surface area contributed by atoms with Gasteiger partial charge in [0, 0.05) is 22.3 Å². The number of rotatable bonds is 8. The second kappa shape index (κ2) is 15.8. The summed E-state index contributed by atoms with van der Waals surface area (Å²) in [6.07, 6.45) is 0. The molecule has 0 atom stereocenters. The summed E-state index contributed by atoms with van der Waals surface area (Å²) in [6, 6.07) is 28.7. The third kappa shape index (κ3) is 9.46. The maximum atomic E-state index is 11.7. The van der Waals surface area contributed by atoms with Gasteiger partial charge in [-0.15, -0.1) is 0 Å². The van der Waals surface area contributed by atoms with Crippen LogP contribution in [0.3, 0.4) is 0 Å². The normalized spacial score (nSPS) is 9.44. The molecule has 0 aliphatic carbocycles. The molecule has 4 rings (SSSR count). The van der Waals surface area contributed by atoms with E-state index < -0.39 is 23.8 Å². The van der Waals surface area contributed by atoms with Crippen molar-refractivity contribution in [3.8, 4) is 11.5 Å². The van der Waals surface area contributed by atoms with Gasteiger partial charge in [-0.05, 0) is 48.5 Å². The van der Waals surface area contributed by atoms with Gasteiger partial charge in [-0.25, -0.2) is 0 Å². The molecule has 10 nitrogen and oxygen atoms in total. The van der Waals surface area contributed by atoms with Gasteiger partial charge in [0.05, 0.1) is 11.9 Å². The van der Waals surface area contributed by atoms with Crippen LogP contribution in [0, 0.1) is 0 Å². The van der Waals surface area contributed by atoms with E-state index >= 15 is 0 Å². The van der Waals surface area contributed by atoms with E-state index in [2.05, 4.69) is 11.0 Å². The van der Waals surface area contributed by atoms with Crippen LogP contribution in [0.25, 0.3) is 0 Å². The van der Waals surface area contributed by atoms with Gasteiger partial charge in [0.15, 0.2) is 11.5 Å². The molecule has 11 heteroatoms. The number of aromatic carboxylic acids is 2. The third-order valence-corrected chi connectivity index (χ3v) is 4.79. The van der Waals surface area contributed by atoms with Gasteiger partial charge < -0.3 is 29.5 Å². The molecule has 0 aliphatic rings. The second-order valence-corrected chi connectivity index (χ2v) is 7.37. The first-order valence-corrected chi connectivity index (χ1v) is 11.0. The number of nitrogens with one attached hydrogen (secondary N) is 2. The van der Waals surface area contributed by atoms with Gasteiger partial charge in [0.25, 0.3) is 11.8 Å². The van der Waals surface area contributed by atoms with E-state index in [9.17, 15) is 29.4 Å². The van der Waals surface area contributed by atoms with Crippen molar-refractivity contribution < 1.29 is 39.1 Å². The molecule has 0 heterocycles. The Balaban J connectivity index is 0.000000267. The SMILES string of the molecule is O=C(NOc1ccccc1C(=O)[O-])c1ccccc1.O=C(NOc1ccccc1C(=O)[O-])c1ccccc1.[Ca+2]. The Labute approximate surface area is 253 Å². The molecule has 0 aliphatic heterocycles. The van der Waals surface area contributed by atoms with E-state index in [0.29, 0.717) is 11.1 Å². The fourth-order valence-electron chi connectivity index (χ4n) is 2.95. The molecule has 0 radical (unpaired) electrons. The molecule has 0 aromatic heterocycles. The van der Waals surface area contributed by atoms with Crippen molar-refractivity contribution in [3.05, 3.63) is 131 Å². The molecule has 2 amide bonds. The van der Waals surface area contributed by atoms with Crippen LogP contribution in [-0.4, -0.2) is 61.5 Å². The van der Waals surface area contributed by atoms with Crippen LogP contribution >= 0.6 is 0 Å². The second-order valence-electron chi connectivity index (χ2n) is 7.37. The summed E-state index contributed by atoms with van der Waals surface area (Å²) in [6.45, 7) is 0. The van der Waals surface area contributed by atoms with Gasteiger partial charge in [-0.1, -0.05) is 60.7 Å². The number of hydrogen-bond acceptors (Lipinski definition) is 8. The summed E-state index contributed by atoms with van der Waals surface area (Å²) in [4.78, 5) is 55.1. The van der Waals surface area contributed by atoms with Crippen molar-refractivity contribution in [2.45, 2.75) is 0 Å². The zero-order valence-electron chi connectivity index (χ0n) is 20.4. The molecule has 0 unspecified atom stereocenters. The predicted octanol–water partition coefficient (Wildman–Crippen LogP) is 1.17. The minimum absolute atomic E-state index is 0. The standard InChI is InChI=1S/2C14H11NO4.Ca/c2*16-13(10-6-2-1-3-7-10)15-19-12-9-5-4-8-11(12)14(17)18;/h2*1-9H,(H,15,16)(H,17,18);/q;;+2/p-2. The van der Waals surface area contributed by atoms with Crippen LogP contribution in [0.5, 0.6) is 11.5 Å². The molecule has 0 fully saturated rings. The first kappa shape index (κ1) is 30.8. The Morgan fingerprint density at radius 3 is 1.13 bits per heavy atom. The fourth-order valence-corrected chi connectivity index (χ4v) is 2.95. The molecule has 4 aromatic rings. The molecule has 0 bridgehead atoms. The summed E-state index contributed by atoms with van der Waals surface area (Å²) in [7, 11) is 0. The van der Waals surface area contributed by atoms with Gasteiger partial charge in [0.1, 0.15) is 0 Å². The first-order chi connectivity index (χ1) is 18.4. The number of para-hydroxylation sites is 2. The first-order valence-electron chi connectivity index (χ1n) is 11.0. The van der Waals surface area contributed by atoms with Crippen LogP contribution in [0.2, 0.25) is 0 Å². The topological polar surface area (TPSA) is 157 Å². The van der Waals surface area contributed by atoms with Crippen molar-refractivity contribution in [3.63, 3.8) is 0 Å². The molecule has 2 N–H and O–H groups in total. The van der Waals surface area contributed by atoms with Crippen LogP contribution in [0.4, 0.5) is 0 Å². The average molecular weight is 553 g/mol. The number of benzene rings is 4. The Morgan fingerprint density at radius 1 is 0.487 bits per heavy atom. The Bertz CT molecular complexity index is 1310. The van der Waals surface area contributed by atoms with E-state index in [4.69, 9.17) is 9.68 Å². The van der Waals surface area contributed by atoms with Crippen molar-refractivity contribution in [2.75, 3.05) is 0 Å². The summed E-state index contributed by atoms with van der Waals surface area (Å²) >= 11 is 0. The predicted molar refractivity (Wildman–Crippen MR) is 136 cm³/mol. The van der Waals surface area contributed by atoms with Crippen LogP contribution in [0.15, 0.2) is 109 Å². The van der Waals surface area contributed by atoms with Crippen LogP contribution in [-0.2, 0) is 0 Å².